The van der Waals surface area contributed by atoms with Gasteiger partial charge in [-0.1, -0.05) is 11.8 Å². The first-order valence-corrected chi connectivity index (χ1v) is 5.16. The molecule has 1 aromatic heterocycles. The van der Waals surface area contributed by atoms with Crippen LogP contribution < -0.4 is 11.5 Å². The van der Waals surface area contributed by atoms with Gasteiger partial charge >= 0.3 is 0 Å². The molecule has 0 unspecified atom stereocenters. The lowest BCUT2D eigenvalue weighted by Crippen LogP contribution is -1.96. The topological polar surface area (TPSA) is 52.0 Å². The Bertz CT molecular complexity index is 311. The predicted octanol–water partition coefficient (Wildman–Crippen LogP) is 1.73. The number of unbranched alkanes of at least 4 members (excludes halogenated alkanes) is 1. The molecule has 0 atom stereocenters. The van der Waals surface area contributed by atoms with E-state index in [4.69, 9.17) is 11.5 Å². The normalized spacial score (nSPS) is 9.38. The molecule has 0 spiro atoms. The van der Waals surface area contributed by atoms with Crippen LogP contribution in [-0.2, 0) is 0 Å². The average Bonchev–Trinajstić information content (AvgIpc) is 2.42. The first-order chi connectivity index (χ1) is 6.25. The average molecular weight is 194 g/mol. The zero-order valence-electron chi connectivity index (χ0n) is 7.76. The summed E-state index contributed by atoms with van der Waals surface area (Å²) in [6.07, 6.45) is 1.81. The van der Waals surface area contributed by atoms with Crippen molar-refractivity contribution in [3.8, 4) is 11.8 Å². The predicted molar refractivity (Wildman–Crippen MR) is 58.6 cm³/mol. The van der Waals surface area contributed by atoms with E-state index in [1.807, 2.05) is 12.3 Å². The molecule has 0 radical (unpaired) electrons. The monoisotopic (exact) mass is 194 g/mol. The standard InChI is InChI=1S/C10H14N2S/c1-8-7-13-10(12)9(8)5-3-2-4-6-11/h7H,2,4,6,11-12H2,1H3. The highest BCUT2D eigenvalue weighted by Crippen LogP contribution is 2.22. The summed E-state index contributed by atoms with van der Waals surface area (Å²) in [6.45, 7) is 2.73. The van der Waals surface area contributed by atoms with Gasteiger partial charge in [-0.2, -0.15) is 0 Å². The molecule has 13 heavy (non-hydrogen) atoms. The van der Waals surface area contributed by atoms with Crippen molar-refractivity contribution >= 4 is 16.3 Å². The van der Waals surface area contributed by atoms with E-state index in [0.29, 0.717) is 6.54 Å². The van der Waals surface area contributed by atoms with Gasteiger partial charge in [-0.3, -0.25) is 0 Å². The third kappa shape index (κ3) is 2.76. The van der Waals surface area contributed by atoms with Gasteiger partial charge in [-0.25, -0.2) is 0 Å². The Morgan fingerprint density at radius 3 is 2.85 bits per heavy atom. The first-order valence-electron chi connectivity index (χ1n) is 4.28. The first kappa shape index (κ1) is 10.1. The molecule has 1 rings (SSSR count). The van der Waals surface area contributed by atoms with Crippen molar-refractivity contribution in [3.05, 3.63) is 16.5 Å². The molecule has 0 aromatic carbocycles. The van der Waals surface area contributed by atoms with Gasteiger partial charge in [0.05, 0.1) is 5.56 Å². The van der Waals surface area contributed by atoms with Crippen LogP contribution in [0.1, 0.15) is 24.0 Å². The maximum Gasteiger partial charge on any atom is 0.102 e. The molecule has 3 heteroatoms. The lowest BCUT2D eigenvalue weighted by molar-refractivity contribution is 0.870. The van der Waals surface area contributed by atoms with E-state index in [-0.39, 0.29) is 0 Å². The van der Waals surface area contributed by atoms with Gasteiger partial charge in [-0.15, -0.1) is 11.3 Å². The van der Waals surface area contributed by atoms with E-state index < -0.39 is 0 Å². The molecule has 1 aromatic rings. The minimum absolute atomic E-state index is 0.701. The van der Waals surface area contributed by atoms with Crippen LogP contribution in [0.3, 0.4) is 0 Å². The Labute approximate surface area is 82.9 Å². The number of thiophene rings is 1. The number of hydrogen-bond acceptors (Lipinski definition) is 3. The van der Waals surface area contributed by atoms with Crippen molar-refractivity contribution in [2.24, 2.45) is 5.73 Å². The molecule has 0 amide bonds. The molecule has 0 saturated carbocycles. The molecule has 0 aliphatic carbocycles. The highest BCUT2D eigenvalue weighted by molar-refractivity contribution is 7.14. The Morgan fingerprint density at radius 2 is 2.31 bits per heavy atom. The molecular weight excluding hydrogens is 180 g/mol. The molecule has 0 fully saturated rings. The van der Waals surface area contributed by atoms with Crippen molar-refractivity contribution in [1.29, 1.82) is 0 Å². The van der Waals surface area contributed by atoms with Gasteiger partial charge < -0.3 is 11.5 Å². The second-order valence-corrected chi connectivity index (χ2v) is 3.76. The summed E-state index contributed by atoms with van der Waals surface area (Å²) >= 11 is 1.55. The molecule has 4 N–H and O–H groups in total. The van der Waals surface area contributed by atoms with E-state index in [0.717, 1.165) is 23.4 Å². The van der Waals surface area contributed by atoms with Crippen LogP contribution in [0, 0.1) is 18.8 Å². The minimum atomic E-state index is 0.701. The molecule has 70 valence electrons. The van der Waals surface area contributed by atoms with Crippen LogP contribution in [0.15, 0.2) is 5.38 Å². The van der Waals surface area contributed by atoms with E-state index in [1.165, 1.54) is 5.56 Å². The SMILES string of the molecule is Cc1csc(N)c1C#CCCCN. The smallest absolute Gasteiger partial charge is 0.102 e. The lowest BCUT2D eigenvalue weighted by Gasteiger charge is -1.89. The quantitative estimate of drug-likeness (QED) is 0.556. The summed E-state index contributed by atoms with van der Waals surface area (Å²) in [5, 5.41) is 2.85. The molecule has 0 aliphatic heterocycles. The highest BCUT2D eigenvalue weighted by atomic mass is 32.1. The number of hydrogen-bond donors (Lipinski definition) is 2. The second kappa shape index (κ2) is 4.90. The van der Waals surface area contributed by atoms with E-state index >= 15 is 0 Å². The van der Waals surface area contributed by atoms with Crippen molar-refractivity contribution in [2.75, 3.05) is 12.3 Å². The van der Waals surface area contributed by atoms with Gasteiger partial charge in [-0.05, 0) is 30.8 Å². The summed E-state index contributed by atoms with van der Waals surface area (Å²) in [6, 6.07) is 0. The fourth-order valence-corrected chi connectivity index (χ4v) is 1.72. The lowest BCUT2D eigenvalue weighted by atomic mass is 10.2. The Balaban J connectivity index is 2.65. The maximum atomic E-state index is 5.75. The van der Waals surface area contributed by atoms with Crippen molar-refractivity contribution in [1.82, 2.24) is 0 Å². The van der Waals surface area contributed by atoms with E-state index in [1.54, 1.807) is 11.3 Å². The number of anilines is 1. The number of aryl methyl sites for hydroxylation is 1. The van der Waals surface area contributed by atoms with Crippen LogP contribution in [-0.4, -0.2) is 6.54 Å². The third-order valence-electron chi connectivity index (χ3n) is 1.72. The summed E-state index contributed by atoms with van der Waals surface area (Å²) in [4.78, 5) is 0. The fraction of sp³-hybridized carbons (Fsp3) is 0.400. The summed E-state index contributed by atoms with van der Waals surface area (Å²) < 4.78 is 0. The van der Waals surface area contributed by atoms with Crippen LogP contribution in [0.25, 0.3) is 0 Å². The molecule has 0 saturated heterocycles. The third-order valence-corrected chi connectivity index (χ3v) is 2.65. The van der Waals surface area contributed by atoms with E-state index in [2.05, 4.69) is 11.8 Å². The number of nitrogens with two attached hydrogens (primary N) is 2. The summed E-state index contributed by atoms with van der Waals surface area (Å²) in [5.74, 6) is 6.14. The minimum Gasteiger partial charge on any atom is -0.390 e. The van der Waals surface area contributed by atoms with E-state index in [9.17, 15) is 0 Å². The van der Waals surface area contributed by atoms with Gasteiger partial charge in [0.1, 0.15) is 5.00 Å². The fourth-order valence-electron chi connectivity index (χ4n) is 0.966. The van der Waals surface area contributed by atoms with Gasteiger partial charge in [0, 0.05) is 6.42 Å². The van der Waals surface area contributed by atoms with Crippen molar-refractivity contribution < 1.29 is 0 Å². The summed E-state index contributed by atoms with van der Waals surface area (Å²) in [7, 11) is 0. The van der Waals surface area contributed by atoms with Crippen molar-refractivity contribution in [2.45, 2.75) is 19.8 Å². The van der Waals surface area contributed by atoms with Gasteiger partial charge in [0.2, 0.25) is 0 Å². The zero-order valence-corrected chi connectivity index (χ0v) is 8.58. The molecule has 1 heterocycles. The highest BCUT2D eigenvalue weighted by Gasteiger charge is 2.00. The van der Waals surface area contributed by atoms with Crippen LogP contribution in [0.4, 0.5) is 5.00 Å². The Morgan fingerprint density at radius 1 is 1.54 bits per heavy atom. The number of rotatable bonds is 2. The van der Waals surface area contributed by atoms with Crippen LogP contribution >= 0.6 is 11.3 Å². The molecular formula is C10H14N2S. The molecule has 0 aliphatic rings. The largest absolute Gasteiger partial charge is 0.390 e. The zero-order chi connectivity index (χ0) is 9.68. The van der Waals surface area contributed by atoms with Gasteiger partial charge in [0.25, 0.3) is 0 Å². The molecule has 2 nitrogen and oxygen atoms in total. The van der Waals surface area contributed by atoms with Gasteiger partial charge in [0.15, 0.2) is 0 Å². The molecule has 0 bridgehead atoms. The second-order valence-electron chi connectivity index (χ2n) is 2.85. The Hall–Kier alpha value is -0.980. The van der Waals surface area contributed by atoms with Crippen LogP contribution in [0.5, 0.6) is 0 Å². The number of nitrogen functional groups attached to an aromatic ring is 1. The summed E-state index contributed by atoms with van der Waals surface area (Å²) in [5.41, 5.74) is 13.3. The van der Waals surface area contributed by atoms with Crippen molar-refractivity contribution in [3.63, 3.8) is 0 Å². The van der Waals surface area contributed by atoms with Crippen LogP contribution in [0.2, 0.25) is 0 Å². The maximum absolute atomic E-state index is 5.75. The Kier molecular flexibility index (Phi) is 3.81.